The third-order valence-corrected chi connectivity index (χ3v) is 4.19. The van der Waals surface area contributed by atoms with Crippen molar-refractivity contribution in [2.75, 3.05) is 5.75 Å². The van der Waals surface area contributed by atoms with Crippen LogP contribution >= 0.6 is 23.1 Å². The van der Waals surface area contributed by atoms with Crippen LogP contribution in [0.1, 0.15) is 32.6 Å². The van der Waals surface area contributed by atoms with Gasteiger partial charge in [-0.1, -0.05) is 20.8 Å². The topological polar surface area (TPSA) is 24.9 Å². The van der Waals surface area contributed by atoms with Gasteiger partial charge in [-0.05, 0) is 6.92 Å². The highest BCUT2D eigenvalue weighted by molar-refractivity contribution is 8.00. The van der Waals surface area contributed by atoms with E-state index >= 15 is 0 Å². The molecule has 0 spiro atoms. The fourth-order valence-electron chi connectivity index (χ4n) is 1.04. The molecule has 0 radical (unpaired) electrons. The highest BCUT2D eigenvalue weighted by Gasteiger charge is 2.12. The summed E-state index contributed by atoms with van der Waals surface area (Å²) in [6, 6.07) is 0.552. The summed E-state index contributed by atoms with van der Waals surface area (Å²) in [6.07, 6.45) is 1.93. The van der Waals surface area contributed by atoms with E-state index in [1.165, 1.54) is 4.88 Å². The van der Waals surface area contributed by atoms with Crippen molar-refractivity contribution in [2.24, 2.45) is 0 Å². The Labute approximate surface area is 101 Å². The lowest BCUT2D eigenvalue weighted by Gasteiger charge is -2.21. The molecule has 0 aromatic carbocycles. The summed E-state index contributed by atoms with van der Waals surface area (Å²) in [4.78, 5) is 5.37. The van der Waals surface area contributed by atoms with Crippen LogP contribution < -0.4 is 5.32 Å². The Hall–Kier alpha value is -0.0600. The molecule has 0 bridgehead atoms. The lowest BCUT2D eigenvalue weighted by atomic mass is 10.3. The van der Waals surface area contributed by atoms with Crippen molar-refractivity contribution in [3.05, 3.63) is 16.6 Å². The highest BCUT2D eigenvalue weighted by atomic mass is 32.2. The SMILES string of the molecule is CC(CSC(C)(C)C)NCc1cncs1. The molecule has 15 heavy (non-hydrogen) atoms. The number of hydrogen-bond donors (Lipinski definition) is 1. The quantitative estimate of drug-likeness (QED) is 0.861. The Morgan fingerprint density at radius 3 is 2.80 bits per heavy atom. The summed E-state index contributed by atoms with van der Waals surface area (Å²) in [6.45, 7) is 9.95. The molecule has 0 aliphatic rings. The number of thiazole rings is 1. The second-order valence-electron chi connectivity index (χ2n) is 4.67. The van der Waals surface area contributed by atoms with Crippen molar-refractivity contribution < 1.29 is 0 Å². The molecule has 86 valence electrons. The number of thioether (sulfide) groups is 1. The minimum absolute atomic E-state index is 0.362. The van der Waals surface area contributed by atoms with Gasteiger partial charge in [-0.25, -0.2) is 0 Å². The molecule has 1 N–H and O–H groups in total. The van der Waals surface area contributed by atoms with Crippen LogP contribution in [-0.4, -0.2) is 21.5 Å². The number of hydrogen-bond acceptors (Lipinski definition) is 4. The summed E-state index contributed by atoms with van der Waals surface area (Å²) < 4.78 is 0.362. The zero-order valence-electron chi connectivity index (χ0n) is 9.91. The first-order valence-corrected chi connectivity index (χ1v) is 7.08. The maximum absolute atomic E-state index is 4.06. The van der Waals surface area contributed by atoms with E-state index in [4.69, 9.17) is 0 Å². The molecule has 1 atom stereocenters. The van der Waals surface area contributed by atoms with Crippen LogP contribution in [-0.2, 0) is 6.54 Å². The van der Waals surface area contributed by atoms with Crippen LogP contribution in [0.2, 0.25) is 0 Å². The summed E-state index contributed by atoms with van der Waals surface area (Å²) in [7, 11) is 0. The lowest BCUT2D eigenvalue weighted by Crippen LogP contribution is -2.29. The van der Waals surface area contributed by atoms with E-state index in [0.29, 0.717) is 10.8 Å². The smallest absolute Gasteiger partial charge is 0.0794 e. The van der Waals surface area contributed by atoms with Gasteiger partial charge in [-0.3, -0.25) is 4.98 Å². The van der Waals surface area contributed by atoms with E-state index in [9.17, 15) is 0 Å². The van der Waals surface area contributed by atoms with Gasteiger partial charge in [0, 0.05) is 34.2 Å². The molecule has 1 heterocycles. The first-order valence-electron chi connectivity index (χ1n) is 5.22. The first kappa shape index (κ1) is 13.0. The third kappa shape index (κ3) is 6.17. The number of nitrogens with zero attached hydrogens (tertiary/aromatic N) is 1. The second-order valence-corrected chi connectivity index (χ2v) is 7.49. The second kappa shape index (κ2) is 5.87. The van der Waals surface area contributed by atoms with E-state index in [2.05, 4.69) is 38.0 Å². The number of aromatic nitrogens is 1. The van der Waals surface area contributed by atoms with E-state index < -0.39 is 0 Å². The highest BCUT2D eigenvalue weighted by Crippen LogP contribution is 2.23. The number of rotatable bonds is 5. The van der Waals surface area contributed by atoms with Gasteiger partial charge in [0.15, 0.2) is 0 Å². The van der Waals surface area contributed by atoms with Crippen molar-refractivity contribution in [3.8, 4) is 0 Å². The van der Waals surface area contributed by atoms with E-state index in [1.807, 2.05) is 23.5 Å². The Kier molecular flexibility index (Phi) is 5.09. The summed E-state index contributed by atoms with van der Waals surface area (Å²) in [5.74, 6) is 1.16. The van der Waals surface area contributed by atoms with Crippen LogP contribution in [0.25, 0.3) is 0 Å². The molecule has 4 heteroatoms. The Morgan fingerprint density at radius 1 is 1.53 bits per heavy atom. The standard InChI is InChI=1S/C11H20N2S2/c1-9(7-15-11(2,3)4)13-6-10-5-12-8-14-10/h5,8-9,13H,6-7H2,1-4H3. The fourth-order valence-corrected chi connectivity index (χ4v) is 2.45. The molecule has 0 amide bonds. The molecule has 0 saturated heterocycles. The maximum Gasteiger partial charge on any atom is 0.0794 e. The monoisotopic (exact) mass is 244 g/mol. The molecule has 0 fully saturated rings. The fraction of sp³-hybridized carbons (Fsp3) is 0.727. The normalized spacial score (nSPS) is 14.1. The molecular weight excluding hydrogens is 224 g/mol. The molecule has 1 rings (SSSR count). The van der Waals surface area contributed by atoms with Crippen molar-refractivity contribution in [3.63, 3.8) is 0 Å². The molecule has 1 unspecified atom stereocenters. The predicted octanol–water partition coefficient (Wildman–Crippen LogP) is 3.15. The Balaban J connectivity index is 2.16. The van der Waals surface area contributed by atoms with E-state index in [0.717, 1.165) is 12.3 Å². The van der Waals surface area contributed by atoms with Crippen LogP contribution in [0.4, 0.5) is 0 Å². The van der Waals surface area contributed by atoms with Crippen molar-refractivity contribution in [2.45, 2.75) is 45.0 Å². The van der Waals surface area contributed by atoms with E-state index in [1.54, 1.807) is 11.3 Å². The van der Waals surface area contributed by atoms with Gasteiger partial charge in [0.2, 0.25) is 0 Å². The van der Waals surface area contributed by atoms with Gasteiger partial charge in [0.1, 0.15) is 0 Å². The van der Waals surface area contributed by atoms with Crippen molar-refractivity contribution in [1.82, 2.24) is 10.3 Å². The van der Waals surface area contributed by atoms with Gasteiger partial charge in [0.05, 0.1) is 5.51 Å². The molecule has 0 aliphatic heterocycles. The molecule has 1 aromatic heterocycles. The molecular formula is C11H20N2S2. The summed E-state index contributed by atoms with van der Waals surface area (Å²) >= 11 is 3.71. The Bertz CT molecular complexity index is 265. The van der Waals surface area contributed by atoms with Crippen molar-refractivity contribution in [1.29, 1.82) is 0 Å². The summed E-state index contributed by atoms with van der Waals surface area (Å²) in [5, 5.41) is 3.51. The molecule has 0 saturated carbocycles. The van der Waals surface area contributed by atoms with Gasteiger partial charge in [-0.15, -0.1) is 11.3 Å². The largest absolute Gasteiger partial charge is 0.309 e. The Morgan fingerprint density at radius 2 is 2.27 bits per heavy atom. The summed E-state index contributed by atoms with van der Waals surface area (Å²) in [5.41, 5.74) is 1.88. The van der Waals surface area contributed by atoms with Gasteiger partial charge in [-0.2, -0.15) is 11.8 Å². The van der Waals surface area contributed by atoms with Crippen LogP contribution in [0, 0.1) is 0 Å². The van der Waals surface area contributed by atoms with Crippen LogP contribution in [0.3, 0.4) is 0 Å². The molecule has 0 aliphatic carbocycles. The molecule has 2 nitrogen and oxygen atoms in total. The first-order chi connectivity index (χ1) is 6.97. The van der Waals surface area contributed by atoms with Gasteiger partial charge in [0.25, 0.3) is 0 Å². The zero-order valence-corrected chi connectivity index (χ0v) is 11.5. The van der Waals surface area contributed by atoms with Crippen LogP contribution in [0.5, 0.6) is 0 Å². The van der Waals surface area contributed by atoms with Crippen LogP contribution in [0.15, 0.2) is 11.7 Å². The maximum atomic E-state index is 4.06. The van der Waals surface area contributed by atoms with Crippen molar-refractivity contribution >= 4 is 23.1 Å². The minimum Gasteiger partial charge on any atom is -0.309 e. The molecule has 1 aromatic rings. The van der Waals surface area contributed by atoms with E-state index in [-0.39, 0.29) is 0 Å². The predicted molar refractivity (Wildman–Crippen MR) is 70.6 cm³/mol. The zero-order chi connectivity index (χ0) is 11.3. The average Bonchev–Trinajstić information content (AvgIpc) is 2.62. The van der Waals surface area contributed by atoms with Gasteiger partial charge < -0.3 is 5.32 Å². The lowest BCUT2D eigenvalue weighted by molar-refractivity contribution is 0.597. The number of nitrogens with one attached hydrogen (secondary N) is 1. The third-order valence-electron chi connectivity index (χ3n) is 1.87. The minimum atomic E-state index is 0.362. The van der Waals surface area contributed by atoms with Gasteiger partial charge >= 0.3 is 0 Å². The average molecular weight is 244 g/mol.